The Bertz CT molecular complexity index is 2870. The Kier molecular flexibility index (Phi) is 8.36. The summed E-state index contributed by atoms with van der Waals surface area (Å²) in [7, 11) is 0. The number of nitrogens with zero attached hydrogens (tertiary/aromatic N) is 3. The lowest BCUT2D eigenvalue weighted by molar-refractivity contribution is 1.07. The van der Waals surface area contributed by atoms with E-state index in [0.717, 1.165) is 27.8 Å². The molecule has 0 unspecified atom stereocenters. The molecule has 0 fully saturated rings. The third-order valence-corrected chi connectivity index (χ3v) is 11.3. The van der Waals surface area contributed by atoms with Gasteiger partial charge in [0.2, 0.25) is 0 Å². The fourth-order valence-electron chi connectivity index (χ4n) is 7.39. The Hall–Kier alpha value is -7.01. The summed E-state index contributed by atoms with van der Waals surface area (Å²) in [4.78, 5) is 14.7. The van der Waals surface area contributed by atoms with Crippen molar-refractivity contribution in [2.24, 2.45) is 0 Å². The molecule has 2 aromatic heterocycles. The summed E-state index contributed by atoms with van der Waals surface area (Å²) in [6, 6.07) is 70.6. The molecule has 8 aromatic carbocycles. The molecule has 3 nitrogen and oxygen atoms in total. The van der Waals surface area contributed by atoms with Gasteiger partial charge in [0.25, 0.3) is 0 Å². The molecule has 0 radical (unpaired) electrons. The molecule has 0 saturated carbocycles. The van der Waals surface area contributed by atoms with Gasteiger partial charge < -0.3 is 0 Å². The van der Waals surface area contributed by atoms with Crippen LogP contribution in [0, 0.1) is 0 Å². The van der Waals surface area contributed by atoms with Crippen molar-refractivity contribution in [1.29, 1.82) is 0 Å². The van der Waals surface area contributed by atoms with Crippen molar-refractivity contribution in [3.63, 3.8) is 0 Å². The fourth-order valence-corrected chi connectivity index (χ4v) is 8.69. The van der Waals surface area contributed by atoms with Crippen LogP contribution in [-0.4, -0.2) is 15.0 Å². The largest absolute Gasteiger partial charge is 0.208 e. The second-order valence-electron chi connectivity index (χ2n) is 13.6. The molecule has 0 saturated heterocycles. The van der Waals surface area contributed by atoms with Crippen molar-refractivity contribution in [3.8, 4) is 78.7 Å². The molecular weight excluding hydrogens is 687 g/mol. The van der Waals surface area contributed by atoms with Crippen LogP contribution in [0.3, 0.4) is 0 Å². The Labute approximate surface area is 323 Å². The maximum absolute atomic E-state index is 4.91. The lowest BCUT2D eigenvalue weighted by Crippen LogP contribution is -2.00. The Morgan fingerprint density at radius 3 is 1.22 bits per heavy atom. The predicted molar refractivity (Wildman–Crippen MR) is 231 cm³/mol. The minimum Gasteiger partial charge on any atom is -0.208 e. The van der Waals surface area contributed by atoms with Gasteiger partial charge in [0.15, 0.2) is 17.5 Å². The van der Waals surface area contributed by atoms with Crippen molar-refractivity contribution in [3.05, 3.63) is 200 Å². The molecule has 0 bridgehead atoms. The highest BCUT2D eigenvalue weighted by molar-refractivity contribution is 7.26. The molecule has 0 spiro atoms. The van der Waals surface area contributed by atoms with Crippen LogP contribution in [0.5, 0.6) is 0 Å². The lowest BCUT2D eigenvalue weighted by Gasteiger charge is -2.10. The molecule has 0 atom stereocenters. The van der Waals surface area contributed by atoms with Gasteiger partial charge in [0.05, 0.1) is 0 Å². The average Bonchev–Trinajstić information content (AvgIpc) is 3.66. The number of rotatable bonds is 7. The zero-order chi connectivity index (χ0) is 36.6. The van der Waals surface area contributed by atoms with Gasteiger partial charge in [-0.15, -0.1) is 11.3 Å². The SMILES string of the molecule is c1ccc(-c2cc(-c3ccccc3)c3c(c2)sc2c(-c4ccc(-c5ccc(-c6nc(-c7ccccc7)nc(-c7ccccc7)n6)cc5)cc4)cccc23)cc1. The molecule has 258 valence electrons. The van der Waals surface area contributed by atoms with Crippen LogP contribution in [0.4, 0.5) is 0 Å². The summed E-state index contributed by atoms with van der Waals surface area (Å²) in [5, 5.41) is 2.61. The van der Waals surface area contributed by atoms with Gasteiger partial charge in [0.1, 0.15) is 0 Å². The summed E-state index contributed by atoms with van der Waals surface area (Å²) >= 11 is 1.88. The van der Waals surface area contributed by atoms with Crippen molar-refractivity contribution < 1.29 is 0 Å². The van der Waals surface area contributed by atoms with E-state index in [4.69, 9.17) is 15.0 Å². The summed E-state index contributed by atoms with van der Waals surface area (Å²) < 4.78 is 2.60. The molecule has 0 amide bonds. The van der Waals surface area contributed by atoms with Crippen LogP contribution < -0.4 is 0 Å². The van der Waals surface area contributed by atoms with E-state index in [1.54, 1.807) is 0 Å². The zero-order valence-electron chi connectivity index (χ0n) is 29.8. The molecular formula is C51H33N3S. The van der Waals surface area contributed by atoms with Gasteiger partial charge in [-0.05, 0) is 56.6 Å². The van der Waals surface area contributed by atoms with Gasteiger partial charge in [-0.1, -0.05) is 188 Å². The second-order valence-corrected chi connectivity index (χ2v) is 14.7. The van der Waals surface area contributed by atoms with Gasteiger partial charge >= 0.3 is 0 Å². The summed E-state index contributed by atoms with van der Waals surface area (Å²) in [5.74, 6) is 1.97. The van der Waals surface area contributed by atoms with E-state index in [9.17, 15) is 0 Å². The topological polar surface area (TPSA) is 38.7 Å². The van der Waals surface area contributed by atoms with Crippen LogP contribution >= 0.6 is 11.3 Å². The third kappa shape index (κ3) is 6.29. The van der Waals surface area contributed by atoms with Crippen LogP contribution in [0.15, 0.2) is 200 Å². The molecule has 55 heavy (non-hydrogen) atoms. The highest BCUT2D eigenvalue weighted by Crippen LogP contribution is 2.46. The molecule has 2 heterocycles. The molecule has 10 rings (SSSR count). The molecule has 0 N–H and O–H groups in total. The molecule has 0 aliphatic heterocycles. The van der Waals surface area contributed by atoms with E-state index in [-0.39, 0.29) is 0 Å². The average molecular weight is 720 g/mol. The minimum atomic E-state index is 0.650. The monoisotopic (exact) mass is 719 g/mol. The van der Waals surface area contributed by atoms with Gasteiger partial charge in [-0.25, -0.2) is 15.0 Å². The van der Waals surface area contributed by atoms with E-state index in [1.165, 1.54) is 53.6 Å². The van der Waals surface area contributed by atoms with E-state index in [1.807, 2.05) is 72.0 Å². The first kappa shape index (κ1) is 32.6. The quantitative estimate of drug-likeness (QED) is 0.165. The molecule has 10 aromatic rings. The highest BCUT2D eigenvalue weighted by atomic mass is 32.1. The molecule has 0 aliphatic rings. The maximum atomic E-state index is 4.91. The summed E-state index contributed by atoms with van der Waals surface area (Å²) in [6.07, 6.45) is 0. The Morgan fingerprint density at radius 1 is 0.291 bits per heavy atom. The number of aromatic nitrogens is 3. The number of hydrogen-bond donors (Lipinski definition) is 0. The van der Waals surface area contributed by atoms with Gasteiger partial charge in [-0.3, -0.25) is 0 Å². The van der Waals surface area contributed by atoms with Crippen molar-refractivity contribution in [2.75, 3.05) is 0 Å². The first-order valence-corrected chi connectivity index (χ1v) is 19.3. The van der Waals surface area contributed by atoms with Crippen molar-refractivity contribution in [1.82, 2.24) is 15.0 Å². The maximum Gasteiger partial charge on any atom is 0.164 e. The Balaban J connectivity index is 1.00. The first-order chi connectivity index (χ1) is 27.2. The lowest BCUT2D eigenvalue weighted by atomic mass is 9.93. The number of hydrogen-bond acceptors (Lipinski definition) is 4. The summed E-state index contributed by atoms with van der Waals surface area (Å²) in [6.45, 7) is 0. The van der Waals surface area contributed by atoms with Crippen molar-refractivity contribution in [2.45, 2.75) is 0 Å². The summed E-state index contributed by atoms with van der Waals surface area (Å²) in [5.41, 5.74) is 12.6. The number of fused-ring (bicyclic) bond motifs is 3. The van der Waals surface area contributed by atoms with Gasteiger partial charge in [-0.2, -0.15) is 0 Å². The van der Waals surface area contributed by atoms with Crippen LogP contribution in [0.25, 0.3) is 98.8 Å². The van der Waals surface area contributed by atoms with Gasteiger partial charge in [0, 0.05) is 36.9 Å². The van der Waals surface area contributed by atoms with E-state index < -0.39 is 0 Å². The number of thiophene rings is 1. The normalized spacial score (nSPS) is 11.3. The molecule has 0 aliphatic carbocycles. The fraction of sp³-hybridized carbons (Fsp3) is 0. The third-order valence-electron chi connectivity index (χ3n) is 10.2. The smallest absolute Gasteiger partial charge is 0.164 e. The van der Waals surface area contributed by atoms with Crippen molar-refractivity contribution >= 4 is 31.5 Å². The Morgan fingerprint density at radius 2 is 0.691 bits per heavy atom. The van der Waals surface area contributed by atoms with Crippen LogP contribution in [0.2, 0.25) is 0 Å². The van der Waals surface area contributed by atoms with E-state index in [0.29, 0.717) is 17.5 Å². The van der Waals surface area contributed by atoms with Crippen LogP contribution in [-0.2, 0) is 0 Å². The highest BCUT2D eigenvalue weighted by Gasteiger charge is 2.17. The van der Waals surface area contributed by atoms with E-state index in [2.05, 4.69) is 140 Å². The van der Waals surface area contributed by atoms with E-state index >= 15 is 0 Å². The second kappa shape index (κ2) is 14.1. The molecule has 4 heteroatoms. The standard InChI is InChI=1S/C51H33N3S/c1-5-14-34(15-6-1)42-32-45(37-16-7-2-8-17-37)47-44-23-13-22-43(48(44)55-46(47)33-42)38-28-24-35(25-29-38)36-26-30-41(31-27-36)51-53-49(39-18-9-3-10-19-39)52-50(54-51)40-20-11-4-12-21-40/h1-33H. The minimum absolute atomic E-state index is 0.650. The number of benzene rings is 8. The predicted octanol–water partition coefficient (Wildman–Crippen LogP) is 13.9. The first-order valence-electron chi connectivity index (χ1n) is 18.4. The zero-order valence-corrected chi connectivity index (χ0v) is 30.6. The van der Waals surface area contributed by atoms with Crippen LogP contribution in [0.1, 0.15) is 0 Å².